The van der Waals surface area contributed by atoms with Crippen molar-refractivity contribution >= 4 is 54.4 Å². The van der Waals surface area contributed by atoms with Gasteiger partial charge in [0.25, 0.3) is 0 Å². The van der Waals surface area contributed by atoms with Crippen LogP contribution in [0, 0.1) is 0 Å². The Hall–Kier alpha value is -7.16. The van der Waals surface area contributed by atoms with Crippen LogP contribution in [-0.2, 0) is 5.41 Å². The molecule has 0 atom stereocenters. The number of hydrogen-bond donors (Lipinski definition) is 0. The highest BCUT2D eigenvalue weighted by molar-refractivity contribution is 6.14. The van der Waals surface area contributed by atoms with Gasteiger partial charge >= 0.3 is 0 Å². The Kier molecular flexibility index (Phi) is 6.29. The summed E-state index contributed by atoms with van der Waals surface area (Å²) in [5.74, 6) is 0. The molecule has 1 aliphatic rings. The van der Waals surface area contributed by atoms with E-state index >= 15 is 0 Å². The highest BCUT2D eigenvalue weighted by atomic mass is 15.0. The van der Waals surface area contributed by atoms with Gasteiger partial charge in [0.2, 0.25) is 0 Å². The van der Waals surface area contributed by atoms with Gasteiger partial charge in [-0.3, -0.25) is 0 Å². The van der Waals surface area contributed by atoms with Crippen LogP contribution in [0.2, 0.25) is 0 Å². The van der Waals surface area contributed by atoms with Crippen LogP contribution in [0.1, 0.15) is 22.3 Å². The molecule has 1 aliphatic carbocycles. The second kappa shape index (κ2) is 11.4. The Morgan fingerprint density at radius 1 is 0.309 bits per heavy atom. The lowest BCUT2D eigenvalue weighted by Crippen LogP contribution is -2.29. The fourth-order valence-electron chi connectivity index (χ4n) is 10.0. The van der Waals surface area contributed by atoms with E-state index in [0.717, 1.165) is 5.69 Å². The molecule has 2 aromatic heterocycles. The molecule has 0 aliphatic heterocycles. The van der Waals surface area contributed by atoms with Crippen LogP contribution in [0.15, 0.2) is 206 Å². The summed E-state index contributed by atoms with van der Waals surface area (Å²) >= 11 is 0. The van der Waals surface area contributed by atoms with Crippen molar-refractivity contribution in [1.82, 2.24) is 9.13 Å². The first kappa shape index (κ1) is 30.3. The lowest BCUT2D eigenvalue weighted by atomic mass is 9.67. The molecule has 9 aromatic carbocycles. The molecular formula is C53H34N2. The number of rotatable bonds is 4. The van der Waals surface area contributed by atoms with Crippen molar-refractivity contribution in [2.45, 2.75) is 5.41 Å². The van der Waals surface area contributed by atoms with Crippen molar-refractivity contribution in [2.24, 2.45) is 0 Å². The predicted octanol–water partition coefficient (Wildman–Crippen LogP) is 13.4. The van der Waals surface area contributed by atoms with Crippen molar-refractivity contribution in [3.05, 3.63) is 229 Å². The standard InChI is InChI=1S/C53H34N2/c1-3-17-35(18-4-1)53(36-19-5-2-6-20-36)45-33-37(54-47-27-13-9-21-38(47)39-22-10-14-28-48(39)54)31-32-44(45)52-43-26-8-7-25-42(43)51(34-46(52)53)55-49-29-15-11-23-40(49)41-24-12-16-30-50(41)55/h1-34H. The quantitative estimate of drug-likeness (QED) is 0.173. The van der Waals surface area contributed by atoms with E-state index in [0.29, 0.717) is 0 Å². The molecule has 2 heteroatoms. The van der Waals surface area contributed by atoms with Crippen LogP contribution in [0.4, 0.5) is 0 Å². The lowest BCUT2D eigenvalue weighted by Gasteiger charge is -2.34. The zero-order valence-corrected chi connectivity index (χ0v) is 30.0. The third-order valence-electron chi connectivity index (χ3n) is 12.2. The molecule has 0 radical (unpaired) electrons. The molecule has 0 amide bonds. The Morgan fingerprint density at radius 3 is 1.24 bits per heavy atom. The molecule has 0 N–H and O–H groups in total. The highest BCUT2D eigenvalue weighted by Crippen LogP contribution is 2.59. The predicted molar refractivity (Wildman–Crippen MR) is 230 cm³/mol. The van der Waals surface area contributed by atoms with Crippen molar-refractivity contribution in [2.75, 3.05) is 0 Å². The van der Waals surface area contributed by atoms with Gasteiger partial charge in [0, 0.05) is 32.6 Å². The number of aromatic nitrogens is 2. The van der Waals surface area contributed by atoms with Crippen LogP contribution >= 0.6 is 0 Å². The minimum atomic E-state index is -0.598. The average Bonchev–Trinajstić information content (AvgIpc) is 3.88. The zero-order valence-electron chi connectivity index (χ0n) is 30.0. The topological polar surface area (TPSA) is 9.86 Å². The van der Waals surface area contributed by atoms with Gasteiger partial charge in [-0.2, -0.15) is 0 Å². The molecule has 256 valence electrons. The largest absolute Gasteiger partial charge is 0.309 e. The van der Waals surface area contributed by atoms with Crippen molar-refractivity contribution in [3.63, 3.8) is 0 Å². The molecule has 0 fully saturated rings. The van der Waals surface area contributed by atoms with Gasteiger partial charge in [-0.1, -0.05) is 164 Å². The first-order valence-corrected chi connectivity index (χ1v) is 19.1. The lowest BCUT2D eigenvalue weighted by molar-refractivity contribution is 0.767. The maximum atomic E-state index is 2.52. The van der Waals surface area contributed by atoms with E-state index in [-0.39, 0.29) is 0 Å². The van der Waals surface area contributed by atoms with E-state index < -0.39 is 5.41 Å². The molecule has 11 aromatic rings. The van der Waals surface area contributed by atoms with E-state index in [1.54, 1.807) is 0 Å². The van der Waals surface area contributed by atoms with Gasteiger partial charge < -0.3 is 9.13 Å². The summed E-state index contributed by atoms with van der Waals surface area (Å²) in [6.07, 6.45) is 0. The van der Waals surface area contributed by atoms with E-state index in [4.69, 9.17) is 0 Å². The third kappa shape index (κ3) is 4.03. The number of nitrogens with zero attached hydrogens (tertiary/aromatic N) is 2. The fourth-order valence-corrected chi connectivity index (χ4v) is 10.0. The highest BCUT2D eigenvalue weighted by Gasteiger charge is 2.47. The van der Waals surface area contributed by atoms with Crippen molar-refractivity contribution < 1.29 is 0 Å². The minimum absolute atomic E-state index is 0.598. The van der Waals surface area contributed by atoms with Gasteiger partial charge in [0.1, 0.15) is 0 Å². The van der Waals surface area contributed by atoms with Crippen LogP contribution < -0.4 is 0 Å². The molecule has 55 heavy (non-hydrogen) atoms. The van der Waals surface area contributed by atoms with Crippen LogP contribution in [0.3, 0.4) is 0 Å². The molecule has 0 saturated carbocycles. The summed E-state index contributed by atoms with van der Waals surface area (Å²) in [5.41, 5.74) is 14.3. The smallest absolute Gasteiger partial charge is 0.0715 e. The first-order chi connectivity index (χ1) is 27.3. The molecule has 0 unspecified atom stereocenters. The van der Waals surface area contributed by atoms with E-state index in [9.17, 15) is 0 Å². The van der Waals surface area contributed by atoms with Gasteiger partial charge in [0.15, 0.2) is 0 Å². The first-order valence-electron chi connectivity index (χ1n) is 19.1. The number of para-hydroxylation sites is 4. The molecule has 0 bridgehead atoms. The number of fused-ring (bicyclic) bond motifs is 11. The zero-order chi connectivity index (χ0) is 36.1. The minimum Gasteiger partial charge on any atom is -0.309 e. The van der Waals surface area contributed by atoms with Gasteiger partial charge in [-0.15, -0.1) is 0 Å². The Bertz CT molecular complexity index is 3160. The second-order valence-electron chi connectivity index (χ2n) is 14.8. The summed E-state index contributed by atoms with van der Waals surface area (Å²) in [4.78, 5) is 0. The van der Waals surface area contributed by atoms with Crippen LogP contribution in [0.25, 0.3) is 76.9 Å². The summed E-state index contributed by atoms with van der Waals surface area (Å²) in [6.45, 7) is 0. The fraction of sp³-hybridized carbons (Fsp3) is 0.0189. The molecule has 2 heterocycles. The normalized spacial score (nSPS) is 13.2. The third-order valence-corrected chi connectivity index (χ3v) is 12.2. The van der Waals surface area contributed by atoms with E-state index in [2.05, 4.69) is 215 Å². The van der Waals surface area contributed by atoms with Gasteiger partial charge in [0.05, 0.1) is 33.2 Å². The van der Waals surface area contributed by atoms with E-state index in [1.807, 2.05) is 0 Å². The summed E-state index contributed by atoms with van der Waals surface area (Å²) < 4.78 is 4.96. The SMILES string of the molecule is c1ccc(C2(c3ccccc3)c3cc(-n4c5ccccc5c5ccccc54)ccc3-c3c2cc(-n2c4ccccc4c4ccccc42)c2ccccc32)cc1. The Balaban J connectivity index is 1.26. The number of benzene rings is 9. The maximum Gasteiger partial charge on any atom is 0.0715 e. The average molecular weight is 699 g/mol. The molecule has 12 rings (SSSR count). The monoisotopic (exact) mass is 698 g/mol. The van der Waals surface area contributed by atoms with Crippen LogP contribution in [-0.4, -0.2) is 9.13 Å². The molecule has 0 spiro atoms. The van der Waals surface area contributed by atoms with Crippen LogP contribution in [0.5, 0.6) is 0 Å². The Morgan fingerprint density at radius 2 is 0.727 bits per heavy atom. The summed E-state index contributed by atoms with van der Waals surface area (Å²) in [5, 5.41) is 7.55. The maximum absolute atomic E-state index is 2.52. The van der Waals surface area contributed by atoms with Gasteiger partial charge in [-0.25, -0.2) is 0 Å². The molecule has 2 nitrogen and oxygen atoms in total. The molecule has 0 saturated heterocycles. The molecular weight excluding hydrogens is 665 g/mol. The summed E-state index contributed by atoms with van der Waals surface area (Å²) in [7, 11) is 0. The van der Waals surface area contributed by atoms with Crippen molar-refractivity contribution in [1.29, 1.82) is 0 Å². The number of hydrogen-bond acceptors (Lipinski definition) is 0. The Labute approximate surface area is 318 Å². The van der Waals surface area contributed by atoms with Gasteiger partial charge in [-0.05, 0) is 81.2 Å². The second-order valence-corrected chi connectivity index (χ2v) is 14.8. The summed E-state index contributed by atoms with van der Waals surface area (Å²) in [6, 6.07) is 76.5. The van der Waals surface area contributed by atoms with Crippen molar-refractivity contribution in [3.8, 4) is 22.5 Å². The van der Waals surface area contributed by atoms with E-state index in [1.165, 1.54) is 93.5 Å².